The summed E-state index contributed by atoms with van der Waals surface area (Å²) in [6, 6.07) is 5.15. The van der Waals surface area contributed by atoms with Crippen LogP contribution in [0.1, 0.15) is 6.92 Å². The van der Waals surface area contributed by atoms with Crippen LogP contribution in [0.2, 0.25) is 5.02 Å². The first kappa shape index (κ1) is 11.1. The number of ether oxygens (including phenoxy) is 2. The van der Waals surface area contributed by atoms with Crippen LogP contribution in [-0.2, 0) is 4.74 Å². The molecular weight excluding hydrogens is 202 g/mol. The van der Waals surface area contributed by atoms with Crippen molar-refractivity contribution in [1.82, 2.24) is 0 Å². The lowest BCUT2D eigenvalue weighted by Gasteiger charge is -2.14. The van der Waals surface area contributed by atoms with Gasteiger partial charge in [0.15, 0.2) is 0 Å². The van der Waals surface area contributed by atoms with Gasteiger partial charge in [-0.05, 0) is 19.1 Å². The fourth-order valence-electron chi connectivity index (χ4n) is 1.10. The summed E-state index contributed by atoms with van der Waals surface area (Å²) in [4.78, 5) is 0. The predicted octanol–water partition coefficient (Wildman–Crippen LogP) is 2.34. The Morgan fingerprint density at radius 1 is 1.50 bits per heavy atom. The van der Waals surface area contributed by atoms with Gasteiger partial charge in [0, 0.05) is 18.9 Å². The van der Waals surface area contributed by atoms with Gasteiger partial charge in [0.1, 0.15) is 11.9 Å². The number of methoxy groups -OCH3 is 1. The number of anilines is 1. The Kier molecular flexibility index (Phi) is 4.04. The van der Waals surface area contributed by atoms with E-state index in [4.69, 9.17) is 26.8 Å². The molecule has 0 saturated heterocycles. The van der Waals surface area contributed by atoms with E-state index >= 15 is 0 Å². The lowest BCUT2D eigenvalue weighted by molar-refractivity contribution is 0.0922. The van der Waals surface area contributed by atoms with Crippen molar-refractivity contribution < 1.29 is 9.47 Å². The van der Waals surface area contributed by atoms with Gasteiger partial charge in [-0.25, -0.2) is 0 Å². The van der Waals surface area contributed by atoms with Gasteiger partial charge in [-0.15, -0.1) is 0 Å². The van der Waals surface area contributed by atoms with E-state index in [1.165, 1.54) is 0 Å². The number of halogens is 1. The molecule has 0 aromatic heterocycles. The molecule has 0 aliphatic carbocycles. The molecule has 0 aliphatic rings. The summed E-state index contributed by atoms with van der Waals surface area (Å²) in [6.07, 6.45) is -0.0423. The van der Waals surface area contributed by atoms with Gasteiger partial charge >= 0.3 is 0 Å². The van der Waals surface area contributed by atoms with Gasteiger partial charge in [-0.3, -0.25) is 0 Å². The Balaban J connectivity index is 2.70. The molecule has 2 N–H and O–H groups in total. The molecule has 0 spiro atoms. The van der Waals surface area contributed by atoms with Gasteiger partial charge in [0.05, 0.1) is 11.6 Å². The van der Waals surface area contributed by atoms with Gasteiger partial charge < -0.3 is 15.2 Å². The summed E-state index contributed by atoms with van der Waals surface area (Å²) in [7, 11) is 1.63. The van der Waals surface area contributed by atoms with Crippen LogP contribution < -0.4 is 10.5 Å². The second-order valence-corrected chi connectivity index (χ2v) is 3.48. The van der Waals surface area contributed by atoms with E-state index < -0.39 is 0 Å². The third-order valence-electron chi connectivity index (χ3n) is 1.68. The van der Waals surface area contributed by atoms with Crippen molar-refractivity contribution in [2.24, 2.45) is 0 Å². The van der Waals surface area contributed by atoms with Gasteiger partial charge in [0.2, 0.25) is 0 Å². The van der Waals surface area contributed by atoms with Gasteiger partial charge in [-0.1, -0.05) is 11.6 Å². The number of nitrogen functional groups attached to an aromatic ring is 1. The third kappa shape index (κ3) is 3.09. The van der Waals surface area contributed by atoms with Crippen LogP contribution in [0.4, 0.5) is 5.69 Å². The van der Waals surface area contributed by atoms with Crippen molar-refractivity contribution in [3.63, 3.8) is 0 Å². The Bertz CT molecular complexity index is 304. The number of benzene rings is 1. The monoisotopic (exact) mass is 215 g/mol. The maximum Gasteiger partial charge on any atom is 0.140 e. The lowest BCUT2D eigenvalue weighted by atomic mass is 10.3. The highest BCUT2D eigenvalue weighted by Crippen LogP contribution is 2.27. The van der Waals surface area contributed by atoms with E-state index in [1.807, 2.05) is 6.92 Å². The van der Waals surface area contributed by atoms with Crippen molar-refractivity contribution in [3.05, 3.63) is 23.2 Å². The minimum Gasteiger partial charge on any atom is -0.487 e. The molecule has 4 heteroatoms. The molecule has 0 aliphatic heterocycles. The van der Waals surface area contributed by atoms with E-state index in [1.54, 1.807) is 25.3 Å². The molecule has 0 fully saturated rings. The molecule has 1 atom stereocenters. The van der Waals surface area contributed by atoms with Crippen LogP contribution in [0.5, 0.6) is 5.75 Å². The molecule has 1 rings (SSSR count). The first-order valence-electron chi connectivity index (χ1n) is 4.34. The molecule has 1 aromatic rings. The third-order valence-corrected chi connectivity index (χ3v) is 2.00. The first-order chi connectivity index (χ1) is 6.63. The number of rotatable bonds is 4. The number of hydrogen-bond donors (Lipinski definition) is 1. The van der Waals surface area contributed by atoms with Crippen LogP contribution in [0.15, 0.2) is 18.2 Å². The Morgan fingerprint density at radius 3 is 2.86 bits per heavy atom. The van der Waals surface area contributed by atoms with E-state index in [0.717, 1.165) is 0 Å². The van der Waals surface area contributed by atoms with Crippen molar-refractivity contribution in [2.75, 3.05) is 19.5 Å². The SMILES string of the molecule is COCC(C)Oc1cc(N)ccc1Cl. The Morgan fingerprint density at radius 2 is 2.21 bits per heavy atom. The smallest absolute Gasteiger partial charge is 0.140 e. The van der Waals surface area contributed by atoms with E-state index in [9.17, 15) is 0 Å². The minimum atomic E-state index is -0.0423. The Labute approximate surface area is 88.8 Å². The zero-order valence-electron chi connectivity index (χ0n) is 8.29. The van der Waals surface area contributed by atoms with Crippen LogP contribution in [0.25, 0.3) is 0 Å². The highest BCUT2D eigenvalue weighted by atomic mass is 35.5. The van der Waals surface area contributed by atoms with Crippen LogP contribution in [0.3, 0.4) is 0 Å². The molecule has 1 aromatic carbocycles. The molecule has 0 amide bonds. The quantitative estimate of drug-likeness (QED) is 0.785. The topological polar surface area (TPSA) is 44.5 Å². The van der Waals surface area contributed by atoms with Crippen molar-refractivity contribution >= 4 is 17.3 Å². The normalized spacial score (nSPS) is 12.5. The fraction of sp³-hybridized carbons (Fsp3) is 0.400. The zero-order chi connectivity index (χ0) is 10.6. The fourth-order valence-corrected chi connectivity index (χ4v) is 1.26. The van der Waals surface area contributed by atoms with Crippen molar-refractivity contribution in [2.45, 2.75) is 13.0 Å². The van der Waals surface area contributed by atoms with E-state index in [0.29, 0.717) is 23.1 Å². The minimum absolute atomic E-state index is 0.0423. The molecule has 1 unspecified atom stereocenters. The highest BCUT2D eigenvalue weighted by Gasteiger charge is 2.07. The lowest BCUT2D eigenvalue weighted by Crippen LogP contribution is -2.18. The molecule has 0 bridgehead atoms. The van der Waals surface area contributed by atoms with Gasteiger partial charge in [0.25, 0.3) is 0 Å². The molecule has 78 valence electrons. The predicted molar refractivity (Wildman–Crippen MR) is 57.8 cm³/mol. The van der Waals surface area contributed by atoms with E-state index in [-0.39, 0.29) is 6.10 Å². The largest absolute Gasteiger partial charge is 0.487 e. The van der Waals surface area contributed by atoms with Crippen molar-refractivity contribution in [3.8, 4) is 5.75 Å². The summed E-state index contributed by atoms with van der Waals surface area (Å²) in [5.41, 5.74) is 6.24. The molecule has 14 heavy (non-hydrogen) atoms. The average molecular weight is 216 g/mol. The molecule has 0 heterocycles. The van der Waals surface area contributed by atoms with Gasteiger partial charge in [-0.2, -0.15) is 0 Å². The molecule has 3 nitrogen and oxygen atoms in total. The second kappa shape index (κ2) is 5.08. The standard InChI is InChI=1S/C10H14ClNO2/c1-7(6-13-2)14-10-5-8(12)3-4-9(10)11/h3-5,7H,6,12H2,1-2H3. The Hall–Kier alpha value is -0.930. The molecule has 0 saturated carbocycles. The summed E-state index contributed by atoms with van der Waals surface area (Å²) in [5.74, 6) is 0.594. The maximum absolute atomic E-state index is 5.92. The summed E-state index contributed by atoms with van der Waals surface area (Å²) < 4.78 is 10.5. The van der Waals surface area contributed by atoms with Crippen molar-refractivity contribution in [1.29, 1.82) is 0 Å². The summed E-state index contributed by atoms with van der Waals surface area (Å²) >= 11 is 5.92. The molecular formula is C10H14ClNO2. The zero-order valence-corrected chi connectivity index (χ0v) is 9.04. The molecule has 0 radical (unpaired) electrons. The first-order valence-corrected chi connectivity index (χ1v) is 4.72. The average Bonchev–Trinajstić information content (AvgIpc) is 2.12. The van der Waals surface area contributed by atoms with Crippen LogP contribution >= 0.6 is 11.6 Å². The van der Waals surface area contributed by atoms with E-state index in [2.05, 4.69) is 0 Å². The second-order valence-electron chi connectivity index (χ2n) is 3.07. The summed E-state index contributed by atoms with van der Waals surface area (Å²) in [5, 5.41) is 0.558. The number of nitrogens with two attached hydrogens (primary N) is 1. The van der Waals surface area contributed by atoms with Crippen LogP contribution in [-0.4, -0.2) is 19.8 Å². The number of hydrogen-bond acceptors (Lipinski definition) is 3. The summed E-state index contributed by atoms with van der Waals surface area (Å²) in [6.45, 7) is 2.42. The highest BCUT2D eigenvalue weighted by molar-refractivity contribution is 6.32. The van der Waals surface area contributed by atoms with Crippen LogP contribution in [0, 0.1) is 0 Å². The maximum atomic E-state index is 5.92.